The van der Waals surface area contributed by atoms with Gasteiger partial charge in [0.2, 0.25) is 15.9 Å². The number of piperidine rings is 1. The van der Waals surface area contributed by atoms with Gasteiger partial charge in [0.15, 0.2) is 0 Å². The van der Waals surface area contributed by atoms with Gasteiger partial charge in [-0.25, -0.2) is 12.7 Å². The molecule has 116 valence electrons. The first-order valence-electron chi connectivity index (χ1n) is 6.77. The van der Waals surface area contributed by atoms with Gasteiger partial charge >= 0.3 is 0 Å². The second-order valence-electron chi connectivity index (χ2n) is 5.23. The molecule has 1 amide bonds. The Balaban J connectivity index is 1.81. The Morgan fingerprint density at radius 1 is 1.43 bits per heavy atom. The minimum absolute atomic E-state index is 0.0223. The number of nitrogens with zero attached hydrogens (tertiary/aromatic N) is 3. The zero-order valence-electron chi connectivity index (χ0n) is 12.2. The Bertz CT molecular complexity index is 628. The average molecular weight is 312 g/mol. The van der Waals surface area contributed by atoms with Crippen LogP contribution in [0, 0.1) is 0 Å². The molecule has 1 saturated heterocycles. The predicted octanol–water partition coefficient (Wildman–Crippen LogP) is -0.0265. The van der Waals surface area contributed by atoms with Crippen molar-refractivity contribution < 1.29 is 13.2 Å². The van der Waals surface area contributed by atoms with E-state index < -0.39 is 10.0 Å². The monoisotopic (exact) mass is 312 g/mol. The lowest BCUT2D eigenvalue weighted by Crippen LogP contribution is -2.45. The van der Waals surface area contributed by atoms with E-state index >= 15 is 0 Å². The highest BCUT2D eigenvalue weighted by molar-refractivity contribution is 7.88. The van der Waals surface area contributed by atoms with Gasteiger partial charge in [0.05, 0.1) is 12.5 Å². The van der Waals surface area contributed by atoms with E-state index in [1.807, 2.05) is 13.2 Å². The number of carbonyl (C=O) groups excluding carboxylic acids is 1. The van der Waals surface area contributed by atoms with E-state index in [4.69, 9.17) is 0 Å². The molecular formula is C13H20N4O3S. The van der Waals surface area contributed by atoms with Crippen molar-refractivity contribution in [1.29, 1.82) is 0 Å². The maximum absolute atomic E-state index is 11.8. The third-order valence-corrected chi connectivity index (χ3v) is 4.72. The predicted molar refractivity (Wildman–Crippen MR) is 79.8 cm³/mol. The van der Waals surface area contributed by atoms with Crippen LogP contribution in [0.3, 0.4) is 0 Å². The van der Waals surface area contributed by atoms with Gasteiger partial charge in [0, 0.05) is 44.0 Å². The van der Waals surface area contributed by atoms with Crippen LogP contribution in [0.4, 0.5) is 0 Å². The quantitative estimate of drug-likeness (QED) is 0.792. The van der Waals surface area contributed by atoms with E-state index in [2.05, 4.69) is 10.4 Å². The Labute approximate surface area is 124 Å². The summed E-state index contributed by atoms with van der Waals surface area (Å²) in [6, 6.07) is 0.0223. The molecular weight excluding hydrogens is 292 g/mol. The number of amides is 1. The van der Waals surface area contributed by atoms with E-state index in [0.717, 1.165) is 5.56 Å². The molecule has 2 heterocycles. The lowest BCUT2D eigenvalue weighted by atomic mass is 10.1. The summed E-state index contributed by atoms with van der Waals surface area (Å²) < 4.78 is 25.9. The molecule has 1 fully saturated rings. The third kappa shape index (κ3) is 4.68. The maximum atomic E-state index is 11.8. The van der Waals surface area contributed by atoms with Crippen molar-refractivity contribution >= 4 is 22.0 Å². The van der Waals surface area contributed by atoms with Crippen LogP contribution in [0.5, 0.6) is 0 Å². The van der Waals surface area contributed by atoms with E-state index in [9.17, 15) is 13.2 Å². The number of nitrogens with one attached hydrogen (secondary N) is 1. The molecule has 0 radical (unpaired) electrons. The molecule has 0 unspecified atom stereocenters. The first-order valence-corrected chi connectivity index (χ1v) is 8.62. The van der Waals surface area contributed by atoms with Crippen molar-refractivity contribution in [3.05, 3.63) is 24.0 Å². The molecule has 7 nitrogen and oxygen atoms in total. The summed E-state index contributed by atoms with van der Waals surface area (Å²) in [6.45, 7) is 0.909. The Hall–Kier alpha value is -1.67. The summed E-state index contributed by atoms with van der Waals surface area (Å²) in [5.74, 6) is -0.170. The van der Waals surface area contributed by atoms with Crippen molar-refractivity contribution in [1.82, 2.24) is 19.4 Å². The highest BCUT2D eigenvalue weighted by Gasteiger charge is 2.25. The van der Waals surface area contributed by atoms with Crippen LogP contribution in [-0.2, 0) is 21.9 Å². The van der Waals surface area contributed by atoms with Gasteiger partial charge in [-0.3, -0.25) is 9.48 Å². The van der Waals surface area contributed by atoms with Crippen LogP contribution in [0.1, 0.15) is 18.4 Å². The van der Waals surface area contributed by atoms with Gasteiger partial charge in [0.1, 0.15) is 0 Å². The molecule has 0 spiro atoms. The number of rotatable bonds is 4. The third-order valence-electron chi connectivity index (χ3n) is 3.42. The van der Waals surface area contributed by atoms with E-state index in [1.54, 1.807) is 17.0 Å². The second kappa shape index (κ2) is 6.40. The van der Waals surface area contributed by atoms with Gasteiger partial charge in [-0.1, -0.05) is 0 Å². The first-order chi connectivity index (χ1) is 9.84. The van der Waals surface area contributed by atoms with Crippen LogP contribution in [0.2, 0.25) is 0 Å². The van der Waals surface area contributed by atoms with Crippen LogP contribution >= 0.6 is 0 Å². The summed E-state index contributed by atoms with van der Waals surface area (Å²) in [6.07, 6.45) is 9.15. The summed E-state index contributed by atoms with van der Waals surface area (Å²) in [4.78, 5) is 11.8. The van der Waals surface area contributed by atoms with E-state index in [0.29, 0.717) is 25.9 Å². The highest BCUT2D eigenvalue weighted by atomic mass is 32.2. The van der Waals surface area contributed by atoms with Gasteiger partial charge < -0.3 is 5.32 Å². The number of hydrogen-bond acceptors (Lipinski definition) is 4. The molecule has 1 N–H and O–H groups in total. The van der Waals surface area contributed by atoms with Gasteiger partial charge in [-0.05, 0) is 18.9 Å². The number of sulfonamides is 1. The zero-order valence-corrected chi connectivity index (χ0v) is 13.0. The zero-order chi connectivity index (χ0) is 15.5. The maximum Gasteiger partial charge on any atom is 0.244 e. The lowest BCUT2D eigenvalue weighted by Gasteiger charge is -2.30. The molecule has 21 heavy (non-hydrogen) atoms. The second-order valence-corrected chi connectivity index (χ2v) is 7.21. The summed E-state index contributed by atoms with van der Waals surface area (Å²) in [5.41, 5.74) is 0.861. The fourth-order valence-corrected chi connectivity index (χ4v) is 3.15. The Morgan fingerprint density at radius 2 is 2.10 bits per heavy atom. The minimum atomic E-state index is -3.12. The normalized spacial score (nSPS) is 18.2. The molecule has 0 atom stereocenters. The molecule has 1 aromatic rings. The fraction of sp³-hybridized carbons (Fsp3) is 0.538. The standard InChI is InChI=1S/C13H20N4O3S/c1-16-10-11(9-14-16)3-4-13(18)15-12-5-7-17(8-6-12)21(2,19)20/h3-4,9-10,12H,5-8H2,1-2H3,(H,15,18)/b4-3+. The largest absolute Gasteiger partial charge is 0.350 e. The minimum Gasteiger partial charge on any atom is -0.350 e. The van der Waals surface area contributed by atoms with Crippen molar-refractivity contribution in [2.45, 2.75) is 18.9 Å². The molecule has 0 aliphatic carbocycles. The van der Waals surface area contributed by atoms with Crippen LogP contribution in [0.25, 0.3) is 6.08 Å². The fourth-order valence-electron chi connectivity index (χ4n) is 2.28. The number of hydrogen-bond donors (Lipinski definition) is 1. The van der Waals surface area contributed by atoms with Crippen molar-refractivity contribution in [2.24, 2.45) is 7.05 Å². The van der Waals surface area contributed by atoms with Gasteiger partial charge in [0.25, 0.3) is 0 Å². The van der Waals surface area contributed by atoms with Crippen LogP contribution in [0.15, 0.2) is 18.5 Å². The van der Waals surface area contributed by atoms with Crippen molar-refractivity contribution in [3.63, 3.8) is 0 Å². The molecule has 8 heteroatoms. The molecule has 2 rings (SSSR count). The van der Waals surface area contributed by atoms with Gasteiger partial charge in [-0.2, -0.15) is 5.10 Å². The number of carbonyl (C=O) groups is 1. The Kier molecular flexibility index (Phi) is 4.79. The van der Waals surface area contributed by atoms with Crippen LogP contribution < -0.4 is 5.32 Å². The Morgan fingerprint density at radius 3 is 2.62 bits per heavy atom. The molecule has 0 saturated carbocycles. The summed E-state index contributed by atoms with van der Waals surface area (Å²) in [7, 11) is -1.31. The van der Waals surface area contributed by atoms with Gasteiger partial charge in [-0.15, -0.1) is 0 Å². The molecule has 1 aromatic heterocycles. The van der Waals surface area contributed by atoms with Crippen molar-refractivity contribution in [3.8, 4) is 0 Å². The van der Waals surface area contributed by atoms with E-state index in [1.165, 1.54) is 16.6 Å². The molecule has 0 aromatic carbocycles. The topological polar surface area (TPSA) is 84.3 Å². The smallest absolute Gasteiger partial charge is 0.244 e. The van der Waals surface area contributed by atoms with E-state index in [-0.39, 0.29) is 11.9 Å². The molecule has 1 aliphatic rings. The summed E-state index contributed by atoms with van der Waals surface area (Å²) >= 11 is 0. The van der Waals surface area contributed by atoms with Crippen LogP contribution in [-0.4, -0.2) is 53.8 Å². The number of aryl methyl sites for hydroxylation is 1. The lowest BCUT2D eigenvalue weighted by molar-refractivity contribution is -0.117. The first kappa shape index (κ1) is 15.7. The van der Waals surface area contributed by atoms with Crippen molar-refractivity contribution in [2.75, 3.05) is 19.3 Å². The average Bonchev–Trinajstić information content (AvgIpc) is 2.82. The molecule has 0 bridgehead atoms. The SMILES string of the molecule is Cn1cc(/C=C/C(=O)NC2CCN(S(C)(=O)=O)CC2)cn1. The molecule has 1 aliphatic heterocycles. The summed E-state index contributed by atoms with van der Waals surface area (Å²) in [5, 5.41) is 6.91. The highest BCUT2D eigenvalue weighted by Crippen LogP contribution is 2.13. The number of aromatic nitrogens is 2.